The summed E-state index contributed by atoms with van der Waals surface area (Å²) in [5.74, 6) is -0.749. The first-order valence-corrected chi connectivity index (χ1v) is 7.50. The molecule has 1 saturated carbocycles. The van der Waals surface area contributed by atoms with Crippen LogP contribution in [0.5, 0.6) is 0 Å². The minimum Gasteiger partial charge on any atom is -0.478 e. The number of hydrogen-bond acceptors (Lipinski definition) is 2. The van der Waals surface area contributed by atoms with E-state index >= 15 is 0 Å². The van der Waals surface area contributed by atoms with Crippen molar-refractivity contribution in [2.75, 3.05) is 0 Å². The average molecular weight is 289 g/mol. The summed E-state index contributed by atoms with van der Waals surface area (Å²) in [6.07, 6.45) is 4.37. The van der Waals surface area contributed by atoms with E-state index < -0.39 is 5.97 Å². The van der Waals surface area contributed by atoms with Gasteiger partial charge in [0.1, 0.15) is 0 Å². The molecule has 0 saturated heterocycles. The van der Waals surface area contributed by atoms with Crippen LogP contribution in [0.15, 0.2) is 24.3 Å². The van der Waals surface area contributed by atoms with E-state index in [4.69, 9.17) is 5.11 Å². The molecule has 1 aliphatic rings. The van der Waals surface area contributed by atoms with Gasteiger partial charge in [-0.1, -0.05) is 38.8 Å². The van der Waals surface area contributed by atoms with Gasteiger partial charge in [0, 0.05) is 12.5 Å². The Labute approximate surface area is 125 Å². The molecule has 0 aromatic heterocycles. The summed E-state index contributed by atoms with van der Waals surface area (Å²) in [5, 5.41) is 11.8. The highest BCUT2D eigenvalue weighted by Gasteiger charge is 2.36. The molecule has 1 aromatic carbocycles. The lowest BCUT2D eigenvalue weighted by Gasteiger charge is -2.37. The molecule has 1 fully saturated rings. The Hall–Kier alpha value is -1.84. The molecule has 0 bridgehead atoms. The van der Waals surface area contributed by atoms with Crippen molar-refractivity contribution in [1.82, 2.24) is 5.32 Å². The van der Waals surface area contributed by atoms with Crippen molar-refractivity contribution in [2.24, 2.45) is 11.3 Å². The van der Waals surface area contributed by atoms with E-state index in [2.05, 4.69) is 19.2 Å². The van der Waals surface area contributed by atoms with Gasteiger partial charge in [-0.2, -0.15) is 0 Å². The van der Waals surface area contributed by atoms with Gasteiger partial charge < -0.3 is 10.4 Å². The Morgan fingerprint density at radius 2 is 1.90 bits per heavy atom. The van der Waals surface area contributed by atoms with Gasteiger partial charge >= 0.3 is 5.97 Å². The molecule has 0 heterocycles. The van der Waals surface area contributed by atoms with Gasteiger partial charge in [-0.25, -0.2) is 4.79 Å². The average Bonchev–Trinajstić information content (AvgIpc) is 2.44. The maximum Gasteiger partial charge on any atom is 0.335 e. The maximum absolute atomic E-state index is 12.4. The zero-order chi connectivity index (χ0) is 15.5. The van der Waals surface area contributed by atoms with Crippen LogP contribution >= 0.6 is 0 Å². The second-order valence-electron chi connectivity index (χ2n) is 6.51. The lowest BCUT2D eigenvalue weighted by Crippen LogP contribution is -2.40. The number of nitrogens with one attached hydrogen (secondary N) is 1. The minimum absolute atomic E-state index is 0.0650. The zero-order valence-corrected chi connectivity index (χ0v) is 12.7. The number of aromatic carboxylic acids is 1. The molecule has 4 nitrogen and oxygen atoms in total. The fraction of sp³-hybridized carbons (Fsp3) is 0.529. The fourth-order valence-electron chi connectivity index (χ4n) is 3.06. The highest BCUT2D eigenvalue weighted by molar-refractivity contribution is 5.87. The highest BCUT2D eigenvalue weighted by Crippen LogP contribution is 2.40. The lowest BCUT2D eigenvalue weighted by atomic mass is 9.68. The molecule has 4 heteroatoms. The molecule has 21 heavy (non-hydrogen) atoms. The number of carbonyl (C=O) groups excluding carboxylic acids is 1. The number of rotatable bonds is 4. The van der Waals surface area contributed by atoms with Gasteiger partial charge in [0.2, 0.25) is 5.91 Å². The van der Waals surface area contributed by atoms with Crippen LogP contribution in [0.1, 0.15) is 55.5 Å². The number of benzene rings is 1. The van der Waals surface area contributed by atoms with E-state index in [0.29, 0.717) is 6.54 Å². The van der Waals surface area contributed by atoms with Crippen LogP contribution in [-0.4, -0.2) is 17.0 Å². The minimum atomic E-state index is -0.936. The summed E-state index contributed by atoms with van der Waals surface area (Å²) < 4.78 is 0. The Morgan fingerprint density at radius 3 is 2.48 bits per heavy atom. The molecule has 1 aliphatic carbocycles. The predicted octanol–water partition coefficient (Wildman–Crippen LogP) is 3.22. The van der Waals surface area contributed by atoms with E-state index in [-0.39, 0.29) is 22.8 Å². The standard InChI is InChI=1S/C17H23NO3/c1-17(2)10-4-3-5-14(17)15(19)18-11-12-6-8-13(9-7-12)16(20)21/h6-9,14H,3-5,10-11H2,1-2H3,(H,18,19)(H,20,21). The van der Waals surface area contributed by atoms with Gasteiger partial charge in [-0.15, -0.1) is 0 Å². The molecule has 0 aliphatic heterocycles. The molecule has 1 atom stereocenters. The summed E-state index contributed by atoms with van der Waals surface area (Å²) in [5.41, 5.74) is 1.25. The van der Waals surface area contributed by atoms with Crippen molar-refractivity contribution in [1.29, 1.82) is 0 Å². The Balaban J connectivity index is 1.93. The van der Waals surface area contributed by atoms with E-state index in [1.165, 1.54) is 6.42 Å². The quantitative estimate of drug-likeness (QED) is 0.894. The first kappa shape index (κ1) is 15.5. The number of amides is 1. The highest BCUT2D eigenvalue weighted by atomic mass is 16.4. The number of carbonyl (C=O) groups is 2. The third kappa shape index (κ3) is 3.84. The normalized spacial score (nSPS) is 20.8. The molecule has 1 aromatic rings. The van der Waals surface area contributed by atoms with Crippen LogP contribution in [0.4, 0.5) is 0 Å². The summed E-state index contributed by atoms with van der Waals surface area (Å²) >= 11 is 0. The lowest BCUT2D eigenvalue weighted by molar-refractivity contribution is -0.130. The SMILES string of the molecule is CC1(C)CCCCC1C(=O)NCc1ccc(C(=O)O)cc1. The molecular weight excluding hydrogens is 266 g/mol. The van der Waals surface area contributed by atoms with E-state index in [0.717, 1.165) is 24.8 Å². The topological polar surface area (TPSA) is 66.4 Å². The van der Waals surface area contributed by atoms with Gasteiger partial charge in [0.05, 0.1) is 5.56 Å². The fourth-order valence-corrected chi connectivity index (χ4v) is 3.06. The smallest absolute Gasteiger partial charge is 0.335 e. The van der Waals surface area contributed by atoms with Crippen LogP contribution in [0, 0.1) is 11.3 Å². The van der Waals surface area contributed by atoms with Crippen molar-refractivity contribution in [3.8, 4) is 0 Å². The summed E-state index contributed by atoms with van der Waals surface area (Å²) in [4.78, 5) is 23.1. The van der Waals surface area contributed by atoms with Crippen molar-refractivity contribution in [3.05, 3.63) is 35.4 Å². The van der Waals surface area contributed by atoms with Crippen LogP contribution in [0.25, 0.3) is 0 Å². The number of hydrogen-bond donors (Lipinski definition) is 2. The summed E-state index contributed by atoms with van der Waals surface area (Å²) in [7, 11) is 0. The second kappa shape index (κ2) is 6.29. The molecule has 0 spiro atoms. The predicted molar refractivity (Wildman–Crippen MR) is 81.0 cm³/mol. The summed E-state index contributed by atoms with van der Waals surface area (Å²) in [6.45, 7) is 4.78. The second-order valence-corrected chi connectivity index (χ2v) is 6.51. The van der Waals surface area contributed by atoms with Gasteiger partial charge in [0.25, 0.3) is 0 Å². The Kier molecular flexibility index (Phi) is 4.66. The van der Waals surface area contributed by atoms with Crippen LogP contribution < -0.4 is 5.32 Å². The van der Waals surface area contributed by atoms with E-state index in [1.54, 1.807) is 24.3 Å². The van der Waals surface area contributed by atoms with Crippen LogP contribution in [0.2, 0.25) is 0 Å². The molecule has 1 unspecified atom stereocenters. The first-order chi connectivity index (χ1) is 9.90. The summed E-state index contributed by atoms with van der Waals surface area (Å²) in [6, 6.07) is 6.62. The van der Waals surface area contributed by atoms with Gasteiger partial charge in [0.15, 0.2) is 0 Å². The van der Waals surface area contributed by atoms with E-state index in [9.17, 15) is 9.59 Å². The Bertz CT molecular complexity index is 519. The Morgan fingerprint density at radius 1 is 1.24 bits per heavy atom. The maximum atomic E-state index is 12.4. The van der Waals surface area contributed by atoms with Crippen LogP contribution in [0.3, 0.4) is 0 Å². The molecule has 114 valence electrons. The molecule has 1 amide bonds. The first-order valence-electron chi connectivity index (χ1n) is 7.50. The van der Waals surface area contributed by atoms with Crippen LogP contribution in [-0.2, 0) is 11.3 Å². The molecule has 2 N–H and O–H groups in total. The van der Waals surface area contributed by atoms with Crippen molar-refractivity contribution in [2.45, 2.75) is 46.1 Å². The molecular formula is C17H23NO3. The molecule has 2 rings (SSSR count). The van der Waals surface area contributed by atoms with Gasteiger partial charge in [-0.05, 0) is 36.0 Å². The zero-order valence-electron chi connectivity index (χ0n) is 12.7. The third-order valence-electron chi connectivity index (χ3n) is 4.49. The number of carboxylic acid groups (broad SMARTS) is 1. The van der Waals surface area contributed by atoms with Crippen molar-refractivity contribution in [3.63, 3.8) is 0 Å². The van der Waals surface area contributed by atoms with E-state index in [1.807, 2.05) is 0 Å². The van der Waals surface area contributed by atoms with Gasteiger partial charge in [-0.3, -0.25) is 4.79 Å². The monoisotopic (exact) mass is 289 g/mol. The molecule has 0 radical (unpaired) electrons. The number of carboxylic acids is 1. The van der Waals surface area contributed by atoms with Crippen molar-refractivity contribution >= 4 is 11.9 Å². The third-order valence-corrected chi connectivity index (χ3v) is 4.49. The van der Waals surface area contributed by atoms with Crippen molar-refractivity contribution < 1.29 is 14.7 Å². The largest absolute Gasteiger partial charge is 0.478 e.